The molecule has 1 saturated carbocycles. The van der Waals surface area contributed by atoms with Crippen LogP contribution in [0, 0.1) is 11.8 Å². The van der Waals surface area contributed by atoms with Crippen molar-refractivity contribution in [2.75, 3.05) is 0 Å². The maximum Gasteiger partial charge on any atom is 0.389 e. The molecule has 0 amide bonds. The SMILES string of the molecule is CC(C)C1CCCC(O)(CCC(F)(F)F)CC1. The second-order valence-corrected chi connectivity index (χ2v) is 5.77. The minimum atomic E-state index is -4.15. The summed E-state index contributed by atoms with van der Waals surface area (Å²) in [6.07, 6.45) is -1.38. The molecule has 0 spiro atoms. The van der Waals surface area contributed by atoms with E-state index in [1.54, 1.807) is 0 Å². The van der Waals surface area contributed by atoms with Gasteiger partial charge in [-0.1, -0.05) is 26.7 Å². The average molecular weight is 252 g/mol. The number of rotatable bonds is 3. The lowest BCUT2D eigenvalue weighted by Crippen LogP contribution is -2.30. The van der Waals surface area contributed by atoms with Crippen molar-refractivity contribution < 1.29 is 18.3 Å². The van der Waals surface area contributed by atoms with Crippen molar-refractivity contribution in [2.45, 2.75) is 70.6 Å². The van der Waals surface area contributed by atoms with Gasteiger partial charge in [0.25, 0.3) is 0 Å². The van der Waals surface area contributed by atoms with Crippen molar-refractivity contribution >= 4 is 0 Å². The molecule has 0 bridgehead atoms. The molecule has 0 aromatic carbocycles. The fourth-order valence-electron chi connectivity index (χ4n) is 2.71. The molecule has 0 saturated heterocycles. The highest BCUT2D eigenvalue weighted by atomic mass is 19.4. The average Bonchev–Trinajstić information content (AvgIpc) is 2.37. The summed E-state index contributed by atoms with van der Waals surface area (Å²) in [5, 5.41) is 10.2. The Bertz CT molecular complexity index is 237. The van der Waals surface area contributed by atoms with Gasteiger partial charge >= 0.3 is 6.18 Å². The molecule has 17 heavy (non-hydrogen) atoms. The van der Waals surface area contributed by atoms with E-state index in [0.717, 1.165) is 19.3 Å². The quantitative estimate of drug-likeness (QED) is 0.743. The van der Waals surface area contributed by atoms with E-state index < -0.39 is 18.2 Å². The molecule has 1 rings (SSSR count). The van der Waals surface area contributed by atoms with E-state index in [1.165, 1.54) is 0 Å². The van der Waals surface area contributed by atoms with Gasteiger partial charge in [-0.05, 0) is 37.5 Å². The van der Waals surface area contributed by atoms with Gasteiger partial charge in [-0.3, -0.25) is 0 Å². The normalized spacial score (nSPS) is 31.6. The molecule has 1 nitrogen and oxygen atoms in total. The fourth-order valence-corrected chi connectivity index (χ4v) is 2.71. The molecule has 1 aliphatic rings. The molecule has 0 heterocycles. The summed E-state index contributed by atoms with van der Waals surface area (Å²) in [6, 6.07) is 0. The molecular weight excluding hydrogens is 229 g/mol. The predicted molar refractivity (Wildman–Crippen MR) is 61.7 cm³/mol. The van der Waals surface area contributed by atoms with Crippen LogP contribution in [0.5, 0.6) is 0 Å². The summed E-state index contributed by atoms with van der Waals surface area (Å²) in [4.78, 5) is 0. The predicted octanol–water partition coefficient (Wildman–Crippen LogP) is 4.30. The Balaban J connectivity index is 2.48. The Morgan fingerprint density at radius 1 is 1.24 bits per heavy atom. The summed E-state index contributed by atoms with van der Waals surface area (Å²) >= 11 is 0. The molecule has 2 atom stereocenters. The van der Waals surface area contributed by atoms with Crippen LogP contribution in [0.4, 0.5) is 13.2 Å². The van der Waals surface area contributed by atoms with E-state index in [2.05, 4.69) is 13.8 Å². The van der Waals surface area contributed by atoms with Gasteiger partial charge in [0.2, 0.25) is 0 Å². The molecule has 2 unspecified atom stereocenters. The van der Waals surface area contributed by atoms with Crippen LogP contribution >= 0.6 is 0 Å². The minimum Gasteiger partial charge on any atom is -0.390 e. The highest BCUT2D eigenvalue weighted by molar-refractivity contribution is 4.84. The Kier molecular flexibility index (Phi) is 4.87. The number of alkyl halides is 3. The molecule has 1 N–H and O–H groups in total. The first kappa shape index (κ1) is 14.8. The van der Waals surface area contributed by atoms with E-state index in [1.807, 2.05) is 0 Å². The molecule has 0 aromatic rings. The summed E-state index contributed by atoms with van der Waals surface area (Å²) in [5.41, 5.74) is -1.08. The topological polar surface area (TPSA) is 20.2 Å². The second-order valence-electron chi connectivity index (χ2n) is 5.77. The van der Waals surface area contributed by atoms with Crippen LogP contribution in [0.2, 0.25) is 0 Å². The molecule has 1 fully saturated rings. The number of aliphatic hydroxyl groups is 1. The minimum absolute atomic E-state index is 0.138. The summed E-state index contributed by atoms with van der Waals surface area (Å²) < 4.78 is 36.5. The molecule has 102 valence electrons. The lowest BCUT2D eigenvalue weighted by molar-refractivity contribution is -0.147. The van der Waals surface area contributed by atoms with Crippen molar-refractivity contribution in [3.8, 4) is 0 Å². The summed E-state index contributed by atoms with van der Waals surface area (Å²) in [6.45, 7) is 4.29. The first-order valence-electron chi connectivity index (χ1n) is 6.51. The van der Waals surface area contributed by atoms with Crippen molar-refractivity contribution in [2.24, 2.45) is 11.8 Å². The third kappa shape index (κ3) is 5.28. The Labute approximate surface area is 101 Å². The lowest BCUT2D eigenvalue weighted by Gasteiger charge is -2.27. The van der Waals surface area contributed by atoms with Gasteiger partial charge in [-0.25, -0.2) is 0 Å². The number of hydrogen-bond donors (Lipinski definition) is 1. The monoisotopic (exact) mass is 252 g/mol. The first-order valence-corrected chi connectivity index (χ1v) is 6.51. The van der Waals surface area contributed by atoms with E-state index in [4.69, 9.17) is 0 Å². The molecule has 0 radical (unpaired) electrons. The molecule has 0 aromatic heterocycles. The van der Waals surface area contributed by atoms with Crippen molar-refractivity contribution in [3.05, 3.63) is 0 Å². The van der Waals surface area contributed by atoms with Gasteiger partial charge in [0.1, 0.15) is 0 Å². The van der Waals surface area contributed by atoms with Crippen LogP contribution in [0.1, 0.15) is 58.8 Å². The fraction of sp³-hybridized carbons (Fsp3) is 1.00. The van der Waals surface area contributed by atoms with E-state index in [0.29, 0.717) is 24.7 Å². The van der Waals surface area contributed by atoms with Crippen molar-refractivity contribution in [3.63, 3.8) is 0 Å². The van der Waals surface area contributed by atoms with Gasteiger partial charge in [0.05, 0.1) is 5.60 Å². The van der Waals surface area contributed by atoms with Crippen LogP contribution in [0.25, 0.3) is 0 Å². The van der Waals surface area contributed by atoms with Gasteiger partial charge in [0, 0.05) is 6.42 Å². The zero-order valence-corrected chi connectivity index (χ0v) is 10.7. The molecular formula is C13H23F3O. The van der Waals surface area contributed by atoms with Gasteiger partial charge in [-0.15, -0.1) is 0 Å². The van der Waals surface area contributed by atoms with Crippen LogP contribution < -0.4 is 0 Å². The standard InChI is InChI=1S/C13H23F3O/c1-10(2)11-4-3-6-12(17,7-5-11)8-9-13(14,15)16/h10-11,17H,3-9H2,1-2H3. The highest BCUT2D eigenvalue weighted by Crippen LogP contribution is 2.38. The van der Waals surface area contributed by atoms with Gasteiger partial charge in [0.15, 0.2) is 0 Å². The largest absolute Gasteiger partial charge is 0.390 e. The molecule has 0 aliphatic heterocycles. The number of hydrogen-bond acceptors (Lipinski definition) is 1. The lowest BCUT2D eigenvalue weighted by atomic mass is 9.86. The maximum absolute atomic E-state index is 12.2. The number of halogens is 3. The second kappa shape index (κ2) is 5.59. The molecule has 1 aliphatic carbocycles. The van der Waals surface area contributed by atoms with Crippen molar-refractivity contribution in [1.29, 1.82) is 0 Å². The van der Waals surface area contributed by atoms with Crippen molar-refractivity contribution in [1.82, 2.24) is 0 Å². The Morgan fingerprint density at radius 3 is 2.41 bits per heavy atom. The third-order valence-electron chi connectivity index (χ3n) is 4.01. The van der Waals surface area contributed by atoms with E-state index >= 15 is 0 Å². The van der Waals surface area contributed by atoms with E-state index in [-0.39, 0.29) is 6.42 Å². The van der Waals surface area contributed by atoms with Crippen LogP contribution in [0.15, 0.2) is 0 Å². The van der Waals surface area contributed by atoms with Gasteiger partial charge in [-0.2, -0.15) is 13.2 Å². The summed E-state index contributed by atoms with van der Waals surface area (Å²) in [5.74, 6) is 1.11. The van der Waals surface area contributed by atoms with Gasteiger partial charge < -0.3 is 5.11 Å². The maximum atomic E-state index is 12.2. The first-order chi connectivity index (χ1) is 7.72. The Hall–Kier alpha value is -0.250. The van der Waals surface area contributed by atoms with Crippen LogP contribution in [-0.4, -0.2) is 16.9 Å². The van der Waals surface area contributed by atoms with E-state index in [9.17, 15) is 18.3 Å². The van der Waals surface area contributed by atoms with Crippen LogP contribution in [0.3, 0.4) is 0 Å². The summed E-state index contributed by atoms with van der Waals surface area (Å²) in [7, 11) is 0. The third-order valence-corrected chi connectivity index (χ3v) is 4.01. The zero-order chi connectivity index (χ0) is 13.1. The highest BCUT2D eigenvalue weighted by Gasteiger charge is 2.36. The smallest absolute Gasteiger partial charge is 0.389 e. The Morgan fingerprint density at radius 2 is 1.88 bits per heavy atom. The van der Waals surface area contributed by atoms with Crippen LogP contribution in [-0.2, 0) is 0 Å². The zero-order valence-electron chi connectivity index (χ0n) is 10.7. The molecule has 4 heteroatoms.